The van der Waals surface area contributed by atoms with Crippen molar-refractivity contribution in [3.8, 4) is 22.5 Å². The van der Waals surface area contributed by atoms with Crippen molar-refractivity contribution in [2.24, 2.45) is 5.16 Å². The van der Waals surface area contributed by atoms with E-state index in [0.29, 0.717) is 6.61 Å². The first-order valence-corrected chi connectivity index (χ1v) is 9.99. The molecule has 4 nitrogen and oxygen atoms in total. The first kappa shape index (κ1) is 18.3. The molecule has 0 radical (unpaired) electrons. The predicted octanol–water partition coefficient (Wildman–Crippen LogP) is 5.71. The average Bonchev–Trinajstić information content (AvgIpc) is 3.09. The number of aromatic nitrogens is 2. The van der Waals surface area contributed by atoms with Crippen molar-refractivity contribution in [1.82, 2.24) is 10.2 Å². The molecule has 0 fully saturated rings. The monoisotopic (exact) mass is 391 g/mol. The number of benzene rings is 3. The lowest BCUT2D eigenvalue weighted by Gasteiger charge is -2.06. The van der Waals surface area contributed by atoms with E-state index in [9.17, 15) is 0 Å². The molecule has 0 saturated carbocycles. The first-order valence-electron chi connectivity index (χ1n) is 9.99. The standard InChI is InChI=1S/C26H21N3O/c1-17-7-11-19(12-8-17)16-30-29-26-22-6-4-3-5-21(22)25-23(26)15-24(27-28-25)20-13-9-18(2)10-14-20/h3-15H,16H2,1-2H3/b29-26+. The van der Waals surface area contributed by atoms with E-state index < -0.39 is 0 Å². The summed E-state index contributed by atoms with van der Waals surface area (Å²) in [5, 5.41) is 13.5. The summed E-state index contributed by atoms with van der Waals surface area (Å²) in [5.74, 6) is 0. The summed E-state index contributed by atoms with van der Waals surface area (Å²) in [6, 6.07) is 26.8. The van der Waals surface area contributed by atoms with Crippen LogP contribution in [0.4, 0.5) is 0 Å². The zero-order valence-corrected chi connectivity index (χ0v) is 17.0. The number of rotatable bonds is 4. The van der Waals surface area contributed by atoms with Crippen LogP contribution in [0, 0.1) is 13.8 Å². The van der Waals surface area contributed by atoms with Gasteiger partial charge in [0.15, 0.2) is 0 Å². The van der Waals surface area contributed by atoms with Gasteiger partial charge in [-0.2, -0.15) is 0 Å². The highest BCUT2D eigenvalue weighted by Crippen LogP contribution is 2.36. The van der Waals surface area contributed by atoms with Gasteiger partial charge in [-0.1, -0.05) is 89.1 Å². The third-order valence-electron chi connectivity index (χ3n) is 5.34. The molecule has 0 N–H and O–H groups in total. The Labute approximate surface area is 175 Å². The summed E-state index contributed by atoms with van der Waals surface area (Å²) in [4.78, 5) is 5.76. The topological polar surface area (TPSA) is 47.4 Å². The van der Waals surface area contributed by atoms with Crippen LogP contribution in [0.15, 0.2) is 84.0 Å². The normalized spacial score (nSPS) is 13.2. The Morgan fingerprint density at radius 3 is 2.13 bits per heavy atom. The van der Waals surface area contributed by atoms with E-state index in [4.69, 9.17) is 4.84 Å². The van der Waals surface area contributed by atoms with E-state index in [1.807, 2.05) is 12.1 Å². The molecule has 1 aliphatic carbocycles. The van der Waals surface area contributed by atoms with Gasteiger partial charge < -0.3 is 4.84 Å². The quantitative estimate of drug-likeness (QED) is 0.369. The molecule has 3 aromatic carbocycles. The summed E-state index contributed by atoms with van der Waals surface area (Å²) in [6.07, 6.45) is 0. The minimum absolute atomic E-state index is 0.421. The van der Waals surface area contributed by atoms with Crippen LogP contribution in [0.1, 0.15) is 27.8 Å². The van der Waals surface area contributed by atoms with Crippen LogP contribution in [0.2, 0.25) is 0 Å². The van der Waals surface area contributed by atoms with Crippen LogP contribution in [0.3, 0.4) is 0 Å². The summed E-state index contributed by atoms with van der Waals surface area (Å²) in [7, 11) is 0. The van der Waals surface area contributed by atoms with Crippen molar-refractivity contribution in [1.29, 1.82) is 0 Å². The molecular weight excluding hydrogens is 370 g/mol. The summed E-state index contributed by atoms with van der Waals surface area (Å²) >= 11 is 0. The third-order valence-corrected chi connectivity index (χ3v) is 5.34. The lowest BCUT2D eigenvalue weighted by atomic mass is 10.1. The Morgan fingerprint density at radius 1 is 0.733 bits per heavy atom. The molecule has 0 bridgehead atoms. The van der Waals surface area contributed by atoms with Crippen molar-refractivity contribution in [2.75, 3.05) is 0 Å². The number of aryl methyl sites for hydroxylation is 2. The van der Waals surface area contributed by atoms with Crippen LogP contribution in [-0.2, 0) is 11.4 Å². The fourth-order valence-corrected chi connectivity index (χ4v) is 3.63. The van der Waals surface area contributed by atoms with E-state index in [-0.39, 0.29) is 0 Å². The largest absolute Gasteiger partial charge is 0.390 e. The Hall–Kier alpha value is -3.79. The van der Waals surface area contributed by atoms with Gasteiger partial charge in [-0.25, -0.2) is 0 Å². The van der Waals surface area contributed by atoms with E-state index in [0.717, 1.165) is 44.9 Å². The summed E-state index contributed by atoms with van der Waals surface area (Å²) < 4.78 is 0. The van der Waals surface area contributed by atoms with Crippen molar-refractivity contribution >= 4 is 5.71 Å². The number of nitrogens with zero attached hydrogens (tertiary/aromatic N) is 3. The number of hydrogen-bond acceptors (Lipinski definition) is 4. The number of hydrogen-bond donors (Lipinski definition) is 0. The van der Waals surface area contributed by atoms with Crippen molar-refractivity contribution < 1.29 is 4.84 Å². The summed E-state index contributed by atoms with van der Waals surface area (Å²) in [6.45, 7) is 4.57. The van der Waals surface area contributed by atoms with Gasteiger partial charge in [0.05, 0.1) is 5.69 Å². The molecule has 1 aromatic heterocycles. The molecular formula is C26H21N3O. The van der Waals surface area contributed by atoms with Crippen molar-refractivity contribution in [3.63, 3.8) is 0 Å². The van der Waals surface area contributed by atoms with E-state index in [2.05, 4.69) is 95.9 Å². The Balaban J connectivity index is 1.51. The first-order chi connectivity index (χ1) is 14.7. The molecule has 0 aliphatic heterocycles. The second-order valence-electron chi connectivity index (χ2n) is 7.60. The SMILES string of the molecule is Cc1ccc(CO/N=C2\c3ccccc3-c3nnc(-c4ccc(C)cc4)cc32)cc1. The Kier molecular flexibility index (Phi) is 4.60. The van der Waals surface area contributed by atoms with E-state index in [1.54, 1.807) is 0 Å². The van der Waals surface area contributed by atoms with E-state index in [1.165, 1.54) is 11.1 Å². The third kappa shape index (κ3) is 3.37. The van der Waals surface area contributed by atoms with Crippen LogP contribution < -0.4 is 0 Å². The van der Waals surface area contributed by atoms with Crippen LogP contribution in [-0.4, -0.2) is 15.9 Å². The maximum absolute atomic E-state index is 5.76. The van der Waals surface area contributed by atoms with Crippen LogP contribution >= 0.6 is 0 Å². The summed E-state index contributed by atoms with van der Waals surface area (Å²) in [5.41, 5.74) is 10.0. The van der Waals surface area contributed by atoms with Gasteiger partial charge in [-0.05, 0) is 25.5 Å². The van der Waals surface area contributed by atoms with Gasteiger partial charge in [0, 0.05) is 22.3 Å². The van der Waals surface area contributed by atoms with E-state index >= 15 is 0 Å². The molecule has 4 heteroatoms. The smallest absolute Gasteiger partial charge is 0.142 e. The van der Waals surface area contributed by atoms with Gasteiger partial charge in [0.1, 0.15) is 18.0 Å². The molecule has 0 saturated heterocycles. The van der Waals surface area contributed by atoms with Crippen LogP contribution in [0.5, 0.6) is 0 Å². The zero-order chi connectivity index (χ0) is 20.5. The Morgan fingerprint density at radius 2 is 1.40 bits per heavy atom. The maximum atomic E-state index is 5.76. The van der Waals surface area contributed by atoms with Crippen molar-refractivity contribution in [3.05, 3.63) is 107 Å². The van der Waals surface area contributed by atoms with Gasteiger partial charge >= 0.3 is 0 Å². The van der Waals surface area contributed by atoms with Gasteiger partial charge in [-0.15, -0.1) is 10.2 Å². The van der Waals surface area contributed by atoms with Crippen LogP contribution in [0.25, 0.3) is 22.5 Å². The molecule has 0 unspecified atom stereocenters. The Bertz CT molecular complexity index is 1240. The number of fused-ring (bicyclic) bond motifs is 3. The fraction of sp³-hybridized carbons (Fsp3) is 0.115. The lowest BCUT2D eigenvalue weighted by molar-refractivity contribution is 0.131. The highest BCUT2D eigenvalue weighted by Gasteiger charge is 2.28. The molecule has 5 rings (SSSR count). The van der Waals surface area contributed by atoms with Gasteiger partial charge in [-0.3, -0.25) is 0 Å². The number of oxime groups is 1. The molecule has 0 atom stereocenters. The van der Waals surface area contributed by atoms with Gasteiger partial charge in [0.2, 0.25) is 0 Å². The highest BCUT2D eigenvalue weighted by atomic mass is 16.6. The zero-order valence-electron chi connectivity index (χ0n) is 17.0. The minimum Gasteiger partial charge on any atom is -0.390 e. The van der Waals surface area contributed by atoms with Crippen molar-refractivity contribution in [2.45, 2.75) is 20.5 Å². The fourth-order valence-electron chi connectivity index (χ4n) is 3.63. The second-order valence-corrected chi connectivity index (χ2v) is 7.60. The molecule has 30 heavy (non-hydrogen) atoms. The highest BCUT2D eigenvalue weighted by molar-refractivity contribution is 6.23. The molecule has 0 amide bonds. The predicted molar refractivity (Wildman–Crippen MR) is 119 cm³/mol. The second kappa shape index (κ2) is 7.56. The molecule has 1 aliphatic rings. The molecule has 1 heterocycles. The molecule has 146 valence electrons. The molecule has 0 spiro atoms. The lowest BCUT2D eigenvalue weighted by Crippen LogP contribution is -2.02. The maximum Gasteiger partial charge on any atom is 0.142 e. The molecule has 4 aromatic rings. The van der Waals surface area contributed by atoms with Gasteiger partial charge in [0.25, 0.3) is 0 Å². The minimum atomic E-state index is 0.421. The average molecular weight is 391 g/mol.